The predicted octanol–water partition coefficient (Wildman–Crippen LogP) is 6.97. The normalized spacial score (nSPS) is 10.5. The van der Waals surface area contributed by atoms with E-state index in [1.165, 1.54) is 31.2 Å². The van der Waals surface area contributed by atoms with Crippen LogP contribution in [0.25, 0.3) is 0 Å². The predicted molar refractivity (Wildman–Crippen MR) is 113 cm³/mol. The van der Waals surface area contributed by atoms with Crippen molar-refractivity contribution in [3.8, 4) is 0 Å². The van der Waals surface area contributed by atoms with Crippen LogP contribution in [0.15, 0.2) is 84.9 Å². The highest BCUT2D eigenvalue weighted by atomic mass is 15.5. The quantitative estimate of drug-likeness (QED) is 0.333. The molecule has 0 saturated carbocycles. The molecule has 2 nitrogen and oxygen atoms in total. The van der Waals surface area contributed by atoms with E-state index >= 15 is 0 Å². The fourth-order valence-electron chi connectivity index (χ4n) is 3.06. The van der Waals surface area contributed by atoms with Crippen molar-refractivity contribution < 1.29 is 0 Å². The summed E-state index contributed by atoms with van der Waals surface area (Å²) in [4.78, 5) is 0. The number of nitrogens with one attached hydrogen (secondary N) is 1. The maximum Gasteiger partial charge on any atom is 0.0630 e. The summed E-state index contributed by atoms with van der Waals surface area (Å²) in [5.41, 5.74) is 8.26. The topological polar surface area (TPSA) is 15.3 Å². The number of para-hydroxylation sites is 2. The van der Waals surface area contributed by atoms with Gasteiger partial charge in [0, 0.05) is 0 Å². The van der Waals surface area contributed by atoms with Crippen LogP contribution in [0.4, 0.5) is 17.1 Å². The molecule has 0 saturated heterocycles. The van der Waals surface area contributed by atoms with E-state index < -0.39 is 0 Å². The van der Waals surface area contributed by atoms with E-state index in [1.807, 2.05) is 24.3 Å². The van der Waals surface area contributed by atoms with Gasteiger partial charge in [0.1, 0.15) is 0 Å². The molecule has 26 heavy (non-hydrogen) atoms. The van der Waals surface area contributed by atoms with E-state index in [4.69, 9.17) is 0 Å². The van der Waals surface area contributed by atoms with Crippen molar-refractivity contribution in [2.24, 2.45) is 0 Å². The first kappa shape index (κ1) is 18.1. The van der Waals surface area contributed by atoms with E-state index in [9.17, 15) is 0 Å². The van der Waals surface area contributed by atoms with Crippen LogP contribution in [-0.4, -0.2) is 0 Å². The molecule has 0 atom stereocenters. The Morgan fingerprint density at radius 3 is 1.92 bits per heavy atom. The summed E-state index contributed by atoms with van der Waals surface area (Å²) in [6.07, 6.45) is 6.39. The number of unbranched alkanes of at least 4 members (excludes halogenated alkanes) is 3. The molecule has 2 heteroatoms. The number of hydrogen-bond donors (Lipinski definition) is 1. The summed E-state index contributed by atoms with van der Waals surface area (Å²) in [5, 5.41) is 2.14. The molecule has 0 bridgehead atoms. The van der Waals surface area contributed by atoms with Crippen molar-refractivity contribution in [2.45, 2.75) is 39.0 Å². The van der Waals surface area contributed by atoms with Crippen LogP contribution in [0.1, 0.15) is 38.2 Å². The van der Waals surface area contributed by atoms with Crippen LogP contribution in [0.5, 0.6) is 0 Å². The van der Waals surface area contributed by atoms with Crippen molar-refractivity contribution >= 4 is 17.1 Å². The third-order valence-corrected chi connectivity index (χ3v) is 4.54. The number of hydrazine groups is 1. The van der Waals surface area contributed by atoms with Crippen LogP contribution >= 0.6 is 0 Å². The van der Waals surface area contributed by atoms with Crippen LogP contribution in [0.2, 0.25) is 0 Å². The Morgan fingerprint density at radius 2 is 1.27 bits per heavy atom. The van der Waals surface area contributed by atoms with Crippen molar-refractivity contribution in [3.63, 3.8) is 0 Å². The monoisotopic (exact) mass is 344 g/mol. The minimum atomic E-state index is 1.07. The van der Waals surface area contributed by atoms with Gasteiger partial charge >= 0.3 is 0 Å². The molecule has 0 heterocycles. The Bertz CT molecular complexity index is 751. The summed E-state index contributed by atoms with van der Waals surface area (Å²) in [5.74, 6) is 0. The van der Waals surface area contributed by atoms with Gasteiger partial charge in [0.2, 0.25) is 0 Å². The molecule has 0 aliphatic rings. The fourth-order valence-corrected chi connectivity index (χ4v) is 3.06. The lowest BCUT2D eigenvalue weighted by molar-refractivity contribution is 0.667. The highest BCUT2D eigenvalue weighted by Gasteiger charge is 2.09. The lowest BCUT2D eigenvalue weighted by Gasteiger charge is -2.27. The SMILES string of the molecule is CCCCCCc1ccc(N(Nc2ccccc2)c2ccccc2)cc1. The second kappa shape index (κ2) is 9.67. The number of benzene rings is 3. The van der Waals surface area contributed by atoms with Gasteiger partial charge in [0.05, 0.1) is 17.1 Å². The van der Waals surface area contributed by atoms with Crippen LogP contribution in [0, 0.1) is 0 Å². The molecule has 0 amide bonds. The highest BCUT2D eigenvalue weighted by molar-refractivity contribution is 5.68. The Morgan fingerprint density at radius 1 is 0.654 bits per heavy atom. The van der Waals surface area contributed by atoms with E-state index in [1.54, 1.807) is 0 Å². The van der Waals surface area contributed by atoms with Crippen molar-refractivity contribution in [2.75, 3.05) is 10.4 Å². The third-order valence-electron chi connectivity index (χ3n) is 4.54. The maximum absolute atomic E-state index is 3.52. The Hall–Kier alpha value is -2.74. The summed E-state index contributed by atoms with van der Waals surface area (Å²) < 4.78 is 0. The molecule has 0 radical (unpaired) electrons. The van der Waals surface area contributed by atoms with Crippen molar-refractivity contribution in [1.29, 1.82) is 0 Å². The molecule has 0 unspecified atom stereocenters. The molecule has 0 fully saturated rings. The molecule has 3 aromatic rings. The molecular formula is C24H28N2. The Labute approximate surface area is 157 Å². The number of aryl methyl sites for hydroxylation is 1. The van der Waals surface area contributed by atoms with Gasteiger partial charge in [-0.2, -0.15) is 0 Å². The average Bonchev–Trinajstić information content (AvgIpc) is 2.71. The van der Waals surface area contributed by atoms with E-state index in [0.717, 1.165) is 23.5 Å². The van der Waals surface area contributed by atoms with Crippen molar-refractivity contribution in [3.05, 3.63) is 90.5 Å². The zero-order valence-electron chi connectivity index (χ0n) is 15.6. The lowest BCUT2D eigenvalue weighted by atomic mass is 10.1. The second-order valence-corrected chi connectivity index (χ2v) is 6.63. The Balaban J connectivity index is 1.76. The molecule has 0 aromatic heterocycles. The fraction of sp³-hybridized carbons (Fsp3) is 0.250. The molecular weight excluding hydrogens is 316 g/mol. The third kappa shape index (κ3) is 5.13. The number of rotatable bonds is 9. The van der Waals surface area contributed by atoms with Gasteiger partial charge in [-0.05, 0) is 54.8 Å². The smallest absolute Gasteiger partial charge is 0.0630 e. The number of anilines is 3. The first-order valence-electron chi connectivity index (χ1n) is 9.62. The standard InChI is InChI=1S/C24H28N2/c1-2-3-4-7-12-21-17-19-24(20-18-21)26(23-15-10-6-11-16-23)25-22-13-8-5-9-14-22/h5-6,8-11,13-20,25H,2-4,7,12H2,1H3. The van der Waals surface area contributed by atoms with Crippen molar-refractivity contribution in [1.82, 2.24) is 0 Å². The zero-order chi connectivity index (χ0) is 18.0. The van der Waals surface area contributed by atoms with Gasteiger partial charge in [0.25, 0.3) is 0 Å². The summed E-state index contributed by atoms with van der Waals surface area (Å²) in [6, 6.07) is 29.6. The van der Waals surface area contributed by atoms with Crippen LogP contribution < -0.4 is 10.4 Å². The first-order chi connectivity index (χ1) is 12.9. The van der Waals surface area contributed by atoms with Gasteiger partial charge in [-0.25, -0.2) is 0 Å². The van der Waals surface area contributed by atoms with Gasteiger partial charge < -0.3 is 0 Å². The highest BCUT2D eigenvalue weighted by Crippen LogP contribution is 2.26. The summed E-state index contributed by atoms with van der Waals surface area (Å²) in [7, 11) is 0. The van der Waals surface area contributed by atoms with E-state index in [2.05, 4.69) is 78.0 Å². The molecule has 0 aliphatic heterocycles. The zero-order valence-corrected chi connectivity index (χ0v) is 15.6. The number of nitrogens with zero attached hydrogens (tertiary/aromatic N) is 1. The Kier molecular flexibility index (Phi) is 6.72. The summed E-state index contributed by atoms with van der Waals surface area (Å²) in [6.45, 7) is 2.26. The minimum absolute atomic E-state index is 1.07. The first-order valence-corrected chi connectivity index (χ1v) is 9.62. The average molecular weight is 345 g/mol. The largest absolute Gasteiger partial charge is 0.294 e. The van der Waals surface area contributed by atoms with Crippen LogP contribution in [0.3, 0.4) is 0 Å². The molecule has 3 aromatic carbocycles. The van der Waals surface area contributed by atoms with Crippen LogP contribution in [-0.2, 0) is 6.42 Å². The van der Waals surface area contributed by atoms with Gasteiger partial charge in [0.15, 0.2) is 0 Å². The van der Waals surface area contributed by atoms with E-state index in [-0.39, 0.29) is 0 Å². The molecule has 1 N–H and O–H groups in total. The molecule has 3 rings (SSSR count). The maximum atomic E-state index is 3.52. The van der Waals surface area contributed by atoms with Gasteiger partial charge in [-0.15, -0.1) is 0 Å². The number of hydrogen-bond acceptors (Lipinski definition) is 2. The van der Waals surface area contributed by atoms with Gasteiger partial charge in [-0.1, -0.05) is 74.7 Å². The lowest BCUT2D eigenvalue weighted by Crippen LogP contribution is -2.24. The second-order valence-electron chi connectivity index (χ2n) is 6.63. The molecule has 0 aliphatic carbocycles. The summed E-state index contributed by atoms with van der Waals surface area (Å²) >= 11 is 0. The molecule has 134 valence electrons. The molecule has 0 spiro atoms. The van der Waals surface area contributed by atoms with Gasteiger partial charge in [-0.3, -0.25) is 10.4 Å². The minimum Gasteiger partial charge on any atom is -0.294 e. The van der Waals surface area contributed by atoms with E-state index in [0.29, 0.717) is 0 Å².